The molecular weight excluding hydrogens is 313 g/mol. The maximum Gasteiger partial charge on any atom is 0.573 e. The lowest BCUT2D eigenvalue weighted by Gasteiger charge is -2.14. The highest BCUT2D eigenvalue weighted by atomic mass is 19.4. The van der Waals surface area contributed by atoms with Crippen LogP contribution in [0.3, 0.4) is 0 Å². The van der Waals surface area contributed by atoms with Gasteiger partial charge in [0.2, 0.25) is 0 Å². The Bertz CT molecular complexity index is 711. The number of alkyl halides is 3. The Morgan fingerprint density at radius 2 is 1.70 bits per heavy atom. The fourth-order valence-corrected chi connectivity index (χ4v) is 2.06. The van der Waals surface area contributed by atoms with Crippen molar-refractivity contribution in [2.24, 2.45) is 0 Å². The number of halogens is 3. The molecule has 0 amide bonds. The zero-order valence-electron chi connectivity index (χ0n) is 12.3. The minimum atomic E-state index is -4.81. The average Bonchev–Trinajstić information content (AvgIpc) is 2.52. The summed E-state index contributed by atoms with van der Waals surface area (Å²) in [4.78, 5) is 11.8. The zero-order chi connectivity index (χ0) is 17.0. The summed E-state index contributed by atoms with van der Waals surface area (Å²) in [5.41, 5.74) is 0.665. The van der Waals surface area contributed by atoms with Crippen LogP contribution in [0.4, 0.5) is 13.2 Å². The molecule has 0 aliphatic rings. The molecule has 2 rings (SSSR count). The number of carbonyl (C=O) groups excluding carboxylic acids is 1. The van der Waals surface area contributed by atoms with Crippen LogP contribution in [0.5, 0.6) is 11.5 Å². The molecule has 0 unspecified atom stereocenters. The van der Waals surface area contributed by atoms with Crippen molar-refractivity contribution >= 4 is 5.97 Å². The number of benzene rings is 2. The van der Waals surface area contributed by atoms with Crippen molar-refractivity contribution in [1.82, 2.24) is 0 Å². The second-order valence-electron chi connectivity index (χ2n) is 4.45. The van der Waals surface area contributed by atoms with Gasteiger partial charge in [-0.2, -0.15) is 0 Å². The summed E-state index contributed by atoms with van der Waals surface area (Å²) in [6, 6.07) is 10.1. The quantitative estimate of drug-likeness (QED) is 0.795. The average molecular weight is 326 g/mol. The standard InChI is InChI=1S/C16H13F3O4/c1-21-13-8-7-10(9-12(13)15(20)22-2)11-5-3-4-6-14(11)23-16(17,18)19/h3-9H,1-2H3. The maximum absolute atomic E-state index is 12.5. The normalized spacial score (nSPS) is 11.0. The monoisotopic (exact) mass is 326 g/mol. The van der Waals surface area contributed by atoms with Gasteiger partial charge in [0.15, 0.2) is 0 Å². The molecule has 0 aliphatic carbocycles. The van der Waals surface area contributed by atoms with Crippen molar-refractivity contribution in [1.29, 1.82) is 0 Å². The van der Waals surface area contributed by atoms with Gasteiger partial charge in [0.1, 0.15) is 17.1 Å². The van der Waals surface area contributed by atoms with Crippen LogP contribution in [0, 0.1) is 0 Å². The summed E-state index contributed by atoms with van der Waals surface area (Å²) in [5, 5.41) is 0. The molecule has 0 spiro atoms. The molecule has 0 aromatic heterocycles. The molecule has 0 saturated heterocycles. The third kappa shape index (κ3) is 3.94. The zero-order valence-corrected chi connectivity index (χ0v) is 12.3. The first-order valence-corrected chi connectivity index (χ1v) is 6.47. The van der Waals surface area contributed by atoms with E-state index in [9.17, 15) is 18.0 Å². The summed E-state index contributed by atoms with van der Waals surface area (Å²) in [5.74, 6) is -0.756. The number of esters is 1. The molecule has 0 N–H and O–H groups in total. The van der Waals surface area contributed by atoms with Crippen molar-refractivity contribution in [2.75, 3.05) is 14.2 Å². The van der Waals surface area contributed by atoms with Crippen molar-refractivity contribution < 1.29 is 32.2 Å². The van der Waals surface area contributed by atoms with Crippen molar-refractivity contribution in [3.05, 3.63) is 48.0 Å². The highest BCUT2D eigenvalue weighted by Gasteiger charge is 2.32. The van der Waals surface area contributed by atoms with E-state index in [4.69, 9.17) is 4.74 Å². The van der Waals surface area contributed by atoms with Crippen LogP contribution in [-0.4, -0.2) is 26.6 Å². The third-order valence-electron chi connectivity index (χ3n) is 3.03. The predicted octanol–water partition coefficient (Wildman–Crippen LogP) is 4.05. The van der Waals surface area contributed by atoms with Gasteiger partial charge in [-0.25, -0.2) is 4.79 Å². The Balaban J connectivity index is 2.53. The van der Waals surface area contributed by atoms with E-state index in [1.54, 1.807) is 6.07 Å². The number of carbonyl (C=O) groups is 1. The topological polar surface area (TPSA) is 44.8 Å². The molecule has 7 heteroatoms. The van der Waals surface area contributed by atoms with Gasteiger partial charge >= 0.3 is 12.3 Å². The van der Waals surface area contributed by atoms with E-state index in [-0.39, 0.29) is 22.6 Å². The second-order valence-corrected chi connectivity index (χ2v) is 4.45. The first-order chi connectivity index (χ1) is 10.9. The largest absolute Gasteiger partial charge is 0.573 e. The summed E-state index contributed by atoms with van der Waals surface area (Å²) in [7, 11) is 2.58. The van der Waals surface area contributed by atoms with Crippen LogP contribution in [0.2, 0.25) is 0 Å². The van der Waals surface area contributed by atoms with E-state index in [1.807, 2.05) is 0 Å². The Morgan fingerprint density at radius 3 is 2.30 bits per heavy atom. The molecule has 4 nitrogen and oxygen atoms in total. The molecule has 0 aliphatic heterocycles. The Morgan fingerprint density at radius 1 is 1.00 bits per heavy atom. The number of ether oxygens (including phenoxy) is 3. The van der Waals surface area contributed by atoms with Crippen molar-refractivity contribution in [2.45, 2.75) is 6.36 Å². The van der Waals surface area contributed by atoms with E-state index in [2.05, 4.69) is 9.47 Å². The summed E-state index contributed by atoms with van der Waals surface area (Å²) in [6.45, 7) is 0. The van der Waals surface area contributed by atoms with Crippen LogP contribution < -0.4 is 9.47 Å². The highest BCUT2D eigenvalue weighted by molar-refractivity contribution is 5.94. The molecule has 0 heterocycles. The lowest BCUT2D eigenvalue weighted by atomic mass is 10.0. The predicted molar refractivity (Wildman–Crippen MR) is 76.5 cm³/mol. The van der Waals surface area contributed by atoms with Crippen LogP contribution in [-0.2, 0) is 4.74 Å². The molecule has 0 radical (unpaired) electrons. The van der Waals surface area contributed by atoms with Gasteiger partial charge in [0.25, 0.3) is 0 Å². The molecule has 23 heavy (non-hydrogen) atoms. The van der Waals surface area contributed by atoms with E-state index in [0.29, 0.717) is 5.56 Å². The molecule has 0 atom stereocenters. The van der Waals surface area contributed by atoms with E-state index in [0.717, 1.165) is 0 Å². The van der Waals surface area contributed by atoms with Crippen LogP contribution in [0.15, 0.2) is 42.5 Å². The van der Waals surface area contributed by atoms with Gasteiger partial charge in [-0.3, -0.25) is 0 Å². The summed E-state index contributed by atoms with van der Waals surface area (Å²) >= 11 is 0. The molecule has 0 saturated carbocycles. The molecule has 122 valence electrons. The van der Waals surface area contributed by atoms with Gasteiger partial charge in [-0.05, 0) is 23.8 Å². The minimum absolute atomic E-state index is 0.106. The van der Waals surface area contributed by atoms with Gasteiger partial charge in [0.05, 0.1) is 14.2 Å². The highest BCUT2D eigenvalue weighted by Crippen LogP contribution is 2.35. The van der Waals surface area contributed by atoms with E-state index >= 15 is 0 Å². The third-order valence-corrected chi connectivity index (χ3v) is 3.03. The number of methoxy groups -OCH3 is 2. The maximum atomic E-state index is 12.5. The molecule has 2 aromatic carbocycles. The lowest BCUT2D eigenvalue weighted by molar-refractivity contribution is -0.274. The summed E-state index contributed by atoms with van der Waals surface area (Å²) in [6.07, 6.45) is -4.81. The van der Waals surface area contributed by atoms with Crippen LogP contribution >= 0.6 is 0 Å². The van der Waals surface area contributed by atoms with Crippen LogP contribution in [0.25, 0.3) is 11.1 Å². The van der Waals surface area contributed by atoms with E-state index < -0.39 is 12.3 Å². The summed E-state index contributed by atoms with van der Waals surface area (Å²) < 4.78 is 51.2. The molecular formula is C16H13F3O4. The van der Waals surface area contributed by atoms with Crippen LogP contribution in [0.1, 0.15) is 10.4 Å². The molecule has 0 bridgehead atoms. The van der Waals surface area contributed by atoms with E-state index in [1.165, 1.54) is 50.6 Å². The Kier molecular flexibility index (Phi) is 4.78. The van der Waals surface area contributed by atoms with Gasteiger partial charge in [-0.1, -0.05) is 24.3 Å². The van der Waals surface area contributed by atoms with Crippen molar-refractivity contribution in [3.63, 3.8) is 0 Å². The second kappa shape index (κ2) is 6.60. The smallest absolute Gasteiger partial charge is 0.496 e. The lowest BCUT2D eigenvalue weighted by Crippen LogP contribution is -2.17. The number of para-hydroxylation sites is 1. The first kappa shape index (κ1) is 16.7. The first-order valence-electron chi connectivity index (χ1n) is 6.47. The number of rotatable bonds is 4. The van der Waals surface area contributed by atoms with Gasteiger partial charge < -0.3 is 14.2 Å². The van der Waals surface area contributed by atoms with Gasteiger partial charge in [-0.15, -0.1) is 13.2 Å². The molecule has 0 fully saturated rings. The fourth-order valence-electron chi connectivity index (χ4n) is 2.06. The Labute approximate surface area is 130 Å². The fraction of sp³-hybridized carbons (Fsp3) is 0.188. The molecule has 2 aromatic rings. The SMILES string of the molecule is COC(=O)c1cc(-c2ccccc2OC(F)(F)F)ccc1OC. The number of hydrogen-bond acceptors (Lipinski definition) is 4. The minimum Gasteiger partial charge on any atom is -0.496 e. The van der Waals surface area contributed by atoms with Crippen molar-refractivity contribution in [3.8, 4) is 22.6 Å². The number of hydrogen-bond donors (Lipinski definition) is 0. The van der Waals surface area contributed by atoms with Gasteiger partial charge in [0, 0.05) is 5.56 Å². The Hall–Kier alpha value is -2.70.